The number of benzene rings is 11. The molecule has 2 aliphatic heterocycles. The average Bonchev–Trinajstić information content (AvgIpc) is 1.19. The van der Waals surface area contributed by atoms with Crippen LogP contribution >= 0.6 is 11.3 Å². The highest BCUT2D eigenvalue weighted by molar-refractivity contribution is 7.33. The predicted octanol–water partition coefficient (Wildman–Crippen LogP) is 18.7. The van der Waals surface area contributed by atoms with E-state index in [2.05, 4.69) is 365 Å². The van der Waals surface area contributed by atoms with Gasteiger partial charge in [0, 0.05) is 60.4 Å². The van der Waals surface area contributed by atoms with E-state index in [-0.39, 0.29) is 28.4 Å². The zero-order valence-corrected chi connectivity index (χ0v) is 56.0. The monoisotopic (exact) mass is 1200 g/mol. The third-order valence-corrected chi connectivity index (χ3v) is 25.0. The van der Waals surface area contributed by atoms with Gasteiger partial charge in [0.2, 0.25) is 0 Å². The van der Waals surface area contributed by atoms with E-state index in [0.717, 1.165) is 28.4 Å². The number of rotatable bonds is 10. The lowest BCUT2D eigenvalue weighted by molar-refractivity contribution is 0.590. The van der Waals surface area contributed by atoms with Crippen LogP contribution in [0.15, 0.2) is 267 Å². The molecule has 0 unspecified atom stereocenters. The van der Waals surface area contributed by atoms with Crippen molar-refractivity contribution in [2.24, 2.45) is 0 Å². The minimum absolute atomic E-state index is 0.0102. The van der Waals surface area contributed by atoms with Gasteiger partial charge < -0.3 is 14.7 Å². The van der Waals surface area contributed by atoms with Crippen LogP contribution < -0.4 is 51.1 Å². The summed E-state index contributed by atoms with van der Waals surface area (Å²) in [4.78, 5) is 7.83. The second kappa shape index (κ2) is 22.2. The van der Waals surface area contributed by atoms with Crippen LogP contribution in [0.4, 0.5) is 51.2 Å². The molecule has 0 aliphatic carbocycles. The minimum Gasteiger partial charge on any atom is -0.311 e. The summed E-state index contributed by atoms with van der Waals surface area (Å²) in [7, 11) is -3.22. The van der Waals surface area contributed by atoms with Crippen LogP contribution in [0, 0.1) is 0 Å². The molecule has 11 aromatic carbocycles. The van der Waals surface area contributed by atoms with E-state index >= 15 is 0 Å². The van der Waals surface area contributed by atoms with Crippen molar-refractivity contribution in [3.05, 3.63) is 289 Å². The number of nitrogens with zero attached hydrogens (tertiary/aromatic N) is 3. The van der Waals surface area contributed by atoms with Crippen molar-refractivity contribution in [1.82, 2.24) is 0 Å². The third kappa shape index (κ3) is 10.2. The summed E-state index contributed by atoms with van der Waals surface area (Å²) >= 11 is 1.97. The van der Waals surface area contributed by atoms with Crippen LogP contribution in [0.2, 0.25) is 0 Å². The van der Waals surface area contributed by atoms with Crippen molar-refractivity contribution in [2.45, 2.75) is 105 Å². The highest BCUT2D eigenvalue weighted by Gasteiger charge is 2.49. The maximum absolute atomic E-state index is 3.22. The van der Waals surface area contributed by atoms with Crippen molar-refractivity contribution < 1.29 is 0 Å². The Morgan fingerprint density at radius 3 is 1.29 bits per heavy atom. The molecule has 0 spiro atoms. The lowest BCUT2D eigenvalue weighted by Gasteiger charge is -2.45. The average molecular weight is 1200 g/mol. The van der Waals surface area contributed by atoms with Crippen molar-refractivity contribution >= 4 is 124 Å². The summed E-state index contributed by atoms with van der Waals surface area (Å²) in [5.74, 6) is 0. The molecule has 3 nitrogen and oxygen atoms in total. The molecule has 1 aromatic heterocycles. The molecular weight excluding hydrogens is 1120 g/mol. The van der Waals surface area contributed by atoms with Crippen molar-refractivity contribution in [3.63, 3.8) is 0 Å². The van der Waals surface area contributed by atoms with Crippen molar-refractivity contribution in [2.75, 3.05) is 14.7 Å². The van der Waals surface area contributed by atoms with Gasteiger partial charge in [0.25, 0.3) is 6.71 Å². The zero-order chi connectivity index (χ0) is 62.5. The summed E-state index contributed by atoms with van der Waals surface area (Å²) in [6.45, 7) is 27.8. The van der Waals surface area contributed by atoms with Crippen molar-refractivity contribution in [3.8, 4) is 11.1 Å². The number of hydrogen-bond acceptors (Lipinski definition) is 4. The summed E-state index contributed by atoms with van der Waals surface area (Å²) < 4.78 is 2.65. The van der Waals surface area contributed by atoms with Crippen LogP contribution in [0.1, 0.15) is 105 Å². The molecule has 0 fully saturated rings. The number of fused-ring (bicyclic) bond motifs is 6. The Kier molecular flexibility index (Phi) is 14.5. The Labute approximate surface area is 540 Å². The quantitative estimate of drug-likeness (QED) is 0.0998. The lowest BCUT2D eigenvalue weighted by atomic mass is 9.36. The van der Waals surface area contributed by atoms with E-state index in [1.165, 1.54) is 103 Å². The Morgan fingerprint density at radius 2 is 0.778 bits per heavy atom. The van der Waals surface area contributed by atoms with Crippen LogP contribution in [0.25, 0.3) is 21.2 Å². The smallest absolute Gasteiger partial charge is 0.264 e. The highest BCUT2D eigenvalue weighted by atomic mass is 32.1. The summed E-state index contributed by atoms with van der Waals surface area (Å²) in [5, 5.41) is 6.63. The van der Waals surface area contributed by atoms with Crippen LogP contribution in [-0.2, 0) is 21.7 Å². The number of anilines is 9. The Balaban J connectivity index is 1.14. The number of hydrogen-bond donors (Lipinski definition) is 0. The molecular formula is C84H80BN3SSi. The Morgan fingerprint density at radius 1 is 0.344 bits per heavy atom. The molecule has 90 heavy (non-hydrogen) atoms. The number of thiophene rings is 1. The molecule has 0 radical (unpaired) electrons. The fourth-order valence-corrected chi connectivity index (χ4v) is 20.2. The molecule has 0 bridgehead atoms. The van der Waals surface area contributed by atoms with Gasteiger partial charge in [-0.25, -0.2) is 0 Å². The lowest BCUT2D eigenvalue weighted by Crippen LogP contribution is -2.75. The van der Waals surface area contributed by atoms with Gasteiger partial charge in [-0.05, 0) is 172 Å². The molecule has 0 atom stereocenters. The van der Waals surface area contributed by atoms with E-state index in [4.69, 9.17) is 0 Å². The molecule has 3 heterocycles. The molecule has 0 saturated carbocycles. The second-order valence-corrected chi connectivity index (χ2v) is 33.9. The molecule has 2 aliphatic rings. The summed E-state index contributed by atoms with van der Waals surface area (Å²) in [6.07, 6.45) is 0. The highest BCUT2D eigenvalue weighted by Crippen LogP contribution is 2.50. The fourth-order valence-electron chi connectivity index (χ4n) is 14.1. The summed E-state index contributed by atoms with van der Waals surface area (Å²) in [5.41, 5.74) is 20.4. The topological polar surface area (TPSA) is 9.72 Å². The van der Waals surface area contributed by atoms with Gasteiger partial charge >= 0.3 is 0 Å². The first-order valence-corrected chi connectivity index (χ1v) is 34.9. The second-order valence-electron chi connectivity index (χ2n) is 29.0. The normalized spacial score (nSPS) is 13.3. The van der Waals surface area contributed by atoms with E-state index in [9.17, 15) is 0 Å². The first-order chi connectivity index (χ1) is 43.2. The van der Waals surface area contributed by atoms with Crippen molar-refractivity contribution in [1.29, 1.82) is 0 Å². The maximum Gasteiger partial charge on any atom is 0.264 e. The fraction of sp³-hybridized carbons (Fsp3) is 0.190. The SMILES string of the molecule is CC(C)(C)c1ccc(N(c2cccc(-c3ccccc3)c2)c2ccc3c(c2)N(c2ccc(C(C)(C)C)cc2)c2cc([Si](c4ccccc4)(c4ccccc4)c4ccccc4)cc4c2B3c2sc3ccc(C(C)(C)C)cc3c2N4c2ccc(C(C)(C)C)cc2)cc1. The van der Waals surface area contributed by atoms with E-state index in [1.807, 2.05) is 11.3 Å². The van der Waals surface area contributed by atoms with E-state index < -0.39 is 8.07 Å². The minimum atomic E-state index is -3.22. The van der Waals surface area contributed by atoms with E-state index in [1.54, 1.807) is 0 Å². The summed E-state index contributed by atoms with van der Waals surface area (Å²) in [6, 6.07) is 103. The van der Waals surface area contributed by atoms with Gasteiger partial charge in [-0.1, -0.05) is 265 Å². The maximum atomic E-state index is 2.69. The Hall–Kier alpha value is -8.94. The van der Waals surface area contributed by atoms with Gasteiger partial charge in [-0.15, -0.1) is 11.3 Å². The van der Waals surface area contributed by atoms with Gasteiger partial charge in [-0.3, -0.25) is 0 Å². The third-order valence-electron chi connectivity index (χ3n) is 19.0. The first-order valence-electron chi connectivity index (χ1n) is 32.1. The molecule has 14 rings (SSSR count). The standard InChI is InChI=1S/C84H80BN3SSi/c1-81(2,3)59-36-43-63(44-37-59)86(66-29-25-28-58(52-66)57-26-17-13-18-27-57)67-49-50-73-74(54-67)87(64-45-38-60(39-46-64)82(4,5)6)75-55-71(90(68-30-19-14-20-31-68,69-32-21-15-22-33-69)70-34-23-16-24-35-70)56-76-78(75)85(73)80-79(72-53-62(84(10,11)12)42-51-77(72)89-80)88(76)65-47-40-61(41-48-65)83(7,8)9/h13-56H,1-12H3. The molecule has 12 aromatic rings. The first kappa shape index (κ1) is 58.7. The predicted molar refractivity (Wildman–Crippen MR) is 394 cm³/mol. The zero-order valence-electron chi connectivity index (χ0n) is 54.2. The van der Waals surface area contributed by atoms with E-state index in [0.29, 0.717) is 0 Å². The van der Waals surface area contributed by atoms with Crippen LogP contribution in [-0.4, -0.2) is 14.8 Å². The van der Waals surface area contributed by atoms with Gasteiger partial charge in [-0.2, -0.15) is 0 Å². The molecule has 0 saturated heterocycles. The molecule has 6 heteroatoms. The molecule has 0 N–H and O–H groups in total. The van der Waals surface area contributed by atoms with Gasteiger partial charge in [0.15, 0.2) is 8.07 Å². The molecule has 444 valence electrons. The van der Waals surface area contributed by atoms with Gasteiger partial charge in [0.1, 0.15) is 0 Å². The van der Waals surface area contributed by atoms with Gasteiger partial charge in [0.05, 0.1) is 5.69 Å². The Bertz CT molecular complexity index is 4510. The molecule has 0 amide bonds. The largest absolute Gasteiger partial charge is 0.311 e. The van der Waals surface area contributed by atoms with Crippen LogP contribution in [0.3, 0.4) is 0 Å². The van der Waals surface area contributed by atoms with Crippen LogP contribution in [0.5, 0.6) is 0 Å².